The van der Waals surface area contributed by atoms with Crippen LogP contribution >= 0.6 is 11.8 Å². The van der Waals surface area contributed by atoms with Crippen molar-refractivity contribution in [3.05, 3.63) is 54.1 Å². The van der Waals surface area contributed by atoms with Gasteiger partial charge in [0.05, 0.1) is 12.2 Å². The van der Waals surface area contributed by atoms with E-state index in [1.54, 1.807) is 0 Å². The van der Waals surface area contributed by atoms with Gasteiger partial charge in [0.25, 0.3) is 0 Å². The van der Waals surface area contributed by atoms with Gasteiger partial charge < -0.3 is 15.1 Å². The maximum atomic E-state index is 13.0. The molecular formula is C19H21N3OS. The minimum atomic E-state index is 0.180. The largest absolute Gasteiger partial charge is 0.361 e. The number of hydrogen-bond donors (Lipinski definition) is 1. The Bertz CT molecular complexity index is 749. The van der Waals surface area contributed by atoms with Crippen molar-refractivity contribution in [3.63, 3.8) is 0 Å². The van der Waals surface area contributed by atoms with Gasteiger partial charge in [-0.1, -0.05) is 30.3 Å². The van der Waals surface area contributed by atoms with Gasteiger partial charge in [0.1, 0.15) is 0 Å². The third-order valence-electron chi connectivity index (χ3n) is 4.56. The molecule has 0 atom stereocenters. The molecule has 0 unspecified atom stereocenters. The molecule has 5 heteroatoms. The summed E-state index contributed by atoms with van der Waals surface area (Å²) in [5.41, 5.74) is 3.49. The van der Waals surface area contributed by atoms with E-state index >= 15 is 0 Å². The molecule has 0 saturated heterocycles. The Morgan fingerprint density at radius 3 is 2.75 bits per heavy atom. The number of anilines is 2. The number of amides is 1. The van der Waals surface area contributed by atoms with E-state index in [0.717, 1.165) is 37.6 Å². The summed E-state index contributed by atoms with van der Waals surface area (Å²) < 4.78 is 0. The quantitative estimate of drug-likeness (QED) is 0.913. The summed E-state index contributed by atoms with van der Waals surface area (Å²) in [7, 11) is 0. The Labute approximate surface area is 146 Å². The Morgan fingerprint density at radius 1 is 1.04 bits per heavy atom. The highest BCUT2D eigenvalue weighted by atomic mass is 32.2. The highest BCUT2D eigenvalue weighted by molar-refractivity contribution is 7.99. The van der Waals surface area contributed by atoms with Gasteiger partial charge in [-0.3, -0.25) is 4.79 Å². The molecule has 0 radical (unpaired) electrons. The summed E-state index contributed by atoms with van der Waals surface area (Å²) in [5.74, 6) is 1.14. The number of para-hydroxylation sites is 2. The lowest BCUT2D eigenvalue weighted by Gasteiger charge is -2.32. The van der Waals surface area contributed by atoms with Crippen LogP contribution < -0.4 is 15.1 Å². The predicted molar refractivity (Wildman–Crippen MR) is 99.9 cm³/mol. The van der Waals surface area contributed by atoms with Crippen molar-refractivity contribution >= 4 is 29.0 Å². The summed E-state index contributed by atoms with van der Waals surface area (Å²) in [6.07, 6.45) is 0. The van der Waals surface area contributed by atoms with Crippen molar-refractivity contribution < 1.29 is 4.79 Å². The standard InChI is InChI=1S/C19H21N3OS/c23-19(22-11-12-24-18-8-4-3-7-17(18)22)14-21-10-9-20-13-15-5-1-2-6-16(15)21/h1-8,20H,9-14H2. The highest BCUT2D eigenvalue weighted by Crippen LogP contribution is 2.34. The van der Waals surface area contributed by atoms with Crippen LogP contribution in [0.15, 0.2) is 53.4 Å². The lowest BCUT2D eigenvalue weighted by molar-refractivity contribution is -0.117. The molecule has 2 heterocycles. The van der Waals surface area contributed by atoms with E-state index in [9.17, 15) is 4.79 Å². The maximum Gasteiger partial charge on any atom is 0.246 e. The van der Waals surface area contributed by atoms with E-state index in [1.165, 1.54) is 16.1 Å². The maximum absolute atomic E-state index is 13.0. The van der Waals surface area contributed by atoms with Crippen LogP contribution in [-0.2, 0) is 11.3 Å². The Balaban J connectivity index is 1.57. The van der Waals surface area contributed by atoms with Gasteiger partial charge in [-0.15, -0.1) is 11.8 Å². The van der Waals surface area contributed by atoms with Gasteiger partial charge in [-0.05, 0) is 23.8 Å². The van der Waals surface area contributed by atoms with Crippen molar-refractivity contribution in [3.8, 4) is 0 Å². The predicted octanol–water partition coefficient (Wildman–Crippen LogP) is 2.74. The number of nitrogens with one attached hydrogen (secondary N) is 1. The molecule has 124 valence electrons. The zero-order valence-electron chi connectivity index (χ0n) is 13.6. The average Bonchev–Trinajstić information content (AvgIpc) is 2.84. The van der Waals surface area contributed by atoms with Crippen LogP contribution in [0.4, 0.5) is 11.4 Å². The normalized spacial score (nSPS) is 17.0. The zero-order valence-corrected chi connectivity index (χ0v) is 14.4. The molecular weight excluding hydrogens is 318 g/mol. The molecule has 2 aromatic carbocycles. The molecule has 24 heavy (non-hydrogen) atoms. The van der Waals surface area contributed by atoms with Crippen LogP contribution in [0, 0.1) is 0 Å². The zero-order chi connectivity index (χ0) is 16.4. The first kappa shape index (κ1) is 15.5. The minimum absolute atomic E-state index is 0.180. The number of nitrogens with zero attached hydrogens (tertiary/aromatic N) is 2. The first-order valence-corrected chi connectivity index (χ1v) is 9.37. The molecule has 4 nitrogen and oxygen atoms in total. The minimum Gasteiger partial charge on any atom is -0.361 e. The third-order valence-corrected chi connectivity index (χ3v) is 5.60. The average molecular weight is 339 g/mol. The second-order valence-electron chi connectivity index (χ2n) is 6.09. The van der Waals surface area contributed by atoms with Crippen LogP contribution in [-0.4, -0.2) is 37.8 Å². The van der Waals surface area contributed by atoms with E-state index < -0.39 is 0 Å². The van der Waals surface area contributed by atoms with Crippen molar-refractivity contribution in [1.29, 1.82) is 0 Å². The number of carbonyl (C=O) groups excluding carboxylic acids is 1. The number of carbonyl (C=O) groups is 1. The lowest BCUT2D eigenvalue weighted by atomic mass is 10.1. The smallest absolute Gasteiger partial charge is 0.246 e. The van der Waals surface area contributed by atoms with Gasteiger partial charge in [0.2, 0.25) is 5.91 Å². The van der Waals surface area contributed by atoms with E-state index in [2.05, 4.69) is 46.6 Å². The molecule has 4 rings (SSSR count). The summed E-state index contributed by atoms with van der Waals surface area (Å²) >= 11 is 1.83. The van der Waals surface area contributed by atoms with Crippen molar-refractivity contribution in [1.82, 2.24) is 5.32 Å². The van der Waals surface area contributed by atoms with Crippen LogP contribution in [0.5, 0.6) is 0 Å². The molecule has 0 aliphatic carbocycles. The lowest BCUT2D eigenvalue weighted by Crippen LogP contribution is -2.44. The second kappa shape index (κ2) is 6.87. The third kappa shape index (κ3) is 3.01. The first-order valence-electron chi connectivity index (χ1n) is 8.39. The number of thioether (sulfide) groups is 1. The molecule has 2 aliphatic rings. The van der Waals surface area contributed by atoms with Gasteiger partial charge in [0.15, 0.2) is 0 Å². The summed E-state index contributed by atoms with van der Waals surface area (Å²) in [4.78, 5) is 18.4. The molecule has 0 spiro atoms. The molecule has 0 bridgehead atoms. The Kier molecular flexibility index (Phi) is 4.45. The summed E-state index contributed by atoms with van der Waals surface area (Å²) in [5, 5.41) is 3.43. The molecule has 2 aromatic rings. The van der Waals surface area contributed by atoms with Crippen LogP contribution in [0.25, 0.3) is 0 Å². The summed E-state index contributed by atoms with van der Waals surface area (Å²) in [6, 6.07) is 16.6. The number of hydrogen-bond acceptors (Lipinski definition) is 4. The fraction of sp³-hybridized carbons (Fsp3) is 0.316. The Hall–Kier alpha value is -1.98. The molecule has 1 N–H and O–H groups in total. The van der Waals surface area contributed by atoms with Crippen molar-refractivity contribution in [2.75, 3.05) is 41.7 Å². The van der Waals surface area contributed by atoms with Gasteiger partial charge in [-0.25, -0.2) is 0 Å². The molecule has 0 fully saturated rings. The van der Waals surface area contributed by atoms with E-state index in [4.69, 9.17) is 0 Å². The highest BCUT2D eigenvalue weighted by Gasteiger charge is 2.25. The molecule has 2 aliphatic heterocycles. The topological polar surface area (TPSA) is 35.6 Å². The fourth-order valence-corrected chi connectivity index (χ4v) is 4.36. The SMILES string of the molecule is O=C(CN1CCNCc2ccccc21)N1CCSc2ccccc21. The number of fused-ring (bicyclic) bond motifs is 2. The van der Waals surface area contributed by atoms with Gasteiger partial charge in [0, 0.05) is 42.5 Å². The Morgan fingerprint density at radius 2 is 1.83 bits per heavy atom. The van der Waals surface area contributed by atoms with E-state index in [-0.39, 0.29) is 5.91 Å². The van der Waals surface area contributed by atoms with Crippen LogP contribution in [0.2, 0.25) is 0 Å². The summed E-state index contributed by atoms with van der Waals surface area (Å²) in [6.45, 7) is 3.83. The van der Waals surface area contributed by atoms with Gasteiger partial charge in [-0.2, -0.15) is 0 Å². The molecule has 0 saturated carbocycles. The second-order valence-corrected chi connectivity index (χ2v) is 7.23. The van der Waals surface area contributed by atoms with Crippen LogP contribution in [0.3, 0.4) is 0 Å². The number of rotatable bonds is 2. The van der Waals surface area contributed by atoms with E-state index in [1.807, 2.05) is 28.8 Å². The molecule has 1 amide bonds. The first-order chi connectivity index (χ1) is 11.8. The van der Waals surface area contributed by atoms with Crippen molar-refractivity contribution in [2.45, 2.75) is 11.4 Å². The van der Waals surface area contributed by atoms with Crippen LogP contribution in [0.1, 0.15) is 5.56 Å². The van der Waals surface area contributed by atoms with E-state index in [0.29, 0.717) is 6.54 Å². The molecule has 0 aromatic heterocycles. The van der Waals surface area contributed by atoms with Crippen molar-refractivity contribution in [2.24, 2.45) is 0 Å². The fourth-order valence-electron chi connectivity index (χ4n) is 3.37. The number of benzene rings is 2. The monoisotopic (exact) mass is 339 g/mol. The van der Waals surface area contributed by atoms with Gasteiger partial charge >= 0.3 is 0 Å².